The van der Waals surface area contributed by atoms with E-state index in [-0.39, 0.29) is 4.47 Å². The van der Waals surface area contributed by atoms with Gasteiger partial charge in [0, 0.05) is 22.4 Å². The fourth-order valence-electron chi connectivity index (χ4n) is 0.885. The van der Waals surface area contributed by atoms with Gasteiger partial charge in [-0.15, -0.1) is 0 Å². The van der Waals surface area contributed by atoms with Gasteiger partial charge in [0.25, 0.3) is 0 Å². The summed E-state index contributed by atoms with van der Waals surface area (Å²) in [5.41, 5.74) is -0.483. The van der Waals surface area contributed by atoms with E-state index >= 15 is 0 Å². The van der Waals surface area contributed by atoms with Crippen LogP contribution in [0.15, 0.2) is 16.6 Å². The van der Waals surface area contributed by atoms with Crippen LogP contribution in [0.2, 0.25) is 0 Å². The van der Waals surface area contributed by atoms with Crippen molar-refractivity contribution in [2.45, 2.75) is 6.42 Å². The first-order valence-electron chi connectivity index (χ1n) is 3.34. The lowest BCUT2D eigenvalue weighted by Crippen LogP contribution is -2.25. The molecular formula is C8H4BrF2O2-. The Kier molecular flexibility index (Phi) is 2.98. The number of carbonyl (C=O) groups excluding carboxylic acids is 1. The van der Waals surface area contributed by atoms with Crippen molar-refractivity contribution in [2.75, 3.05) is 0 Å². The predicted molar refractivity (Wildman–Crippen MR) is 42.8 cm³/mol. The third-order valence-electron chi connectivity index (χ3n) is 1.43. The van der Waals surface area contributed by atoms with E-state index in [2.05, 4.69) is 15.9 Å². The monoisotopic (exact) mass is 249 g/mol. The van der Waals surface area contributed by atoms with Gasteiger partial charge >= 0.3 is 0 Å². The van der Waals surface area contributed by atoms with E-state index in [4.69, 9.17) is 0 Å². The van der Waals surface area contributed by atoms with Crippen LogP contribution in [-0.2, 0) is 11.2 Å². The molecule has 0 aliphatic carbocycles. The Morgan fingerprint density at radius 1 is 1.38 bits per heavy atom. The number of carboxylic acid groups (broad SMARTS) is 1. The molecule has 0 radical (unpaired) electrons. The fraction of sp³-hybridized carbons (Fsp3) is 0.125. The molecule has 0 heterocycles. The minimum absolute atomic E-state index is 0.226. The van der Waals surface area contributed by atoms with Crippen molar-refractivity contribution >= 4 is 21.9 Å². The van der Waals surface area contributed by atoms with Crippen LogP contribution in [0.25, 0.3) is 0 Å². The van der Waals surface area contributed by atoms with Gasteiger partial charge in [-0.25, -0.2) is 8.78 Å². The highest BCUT2D eigenvalue weighted by Gasteiger charge is 2.10. The van der Waals surface area contributed by atoms with Gasteiger partial charge in [-0.05, 0) is 12.1 Å². The lowest BCUT2D eigenvalue weighted by molar-refractivity contribution is -0.304. The van der Waals surface area contributed by atoms with E-state index in [1.165, 1.54) is 0 Å². The maximum Gasteiger partial charge on any atom is 0.130 e. The molecule has 2 nitrogen and oxygen atoms in total. The van der Waals surface area contributed by atoms with E-state index in [1.54, 1.807) is 0 Å². The number of hydrogen-bond acceptors (Lipinski definition) is 2. The largest absolute Gasteiger partial charge is 0.550 e. The lowest BCUT2D eigenvalue weighted by Gasteiger charge is -2.05. The molecule has 0 spiro atoms. The summed E-state index contributed by atoms with van der Waals surface area (Å²) in [4.78, 5) is 10.1. The number of benzene rings is 1. The van der Waals surface area contributed by atoms with E-state index in [0.29, 0.717) is 0 Å². The van der Waals surface area contributed by atoms with Crippen molar-refractivity contribution in [3.63, 3.8) is 0 Å². The average Bonchev–Trinajstić information content (AvgIpc) is 1.96. The van der Waals surface area contributed by atoms with Crippen molar-refractivity contribution in [1.82, 2.24) is 0 Å². The molecule has 1 rings (SSSR count). The Morgan fingerprint density at radius 3 is 2.23 bits per heavy atom. The zero-order valence-corrected chi connectivity index (χ0v) is 7.90. The highest BCUT2D eigenvalue weighted by molar-refractivity contribution is 9.10. The van der Waals surface area contributed by atoms with E-state index in [1.807, 2.05) is 0 Å². The number of carboxylic acids is 1. The molecule has 0 saturated carbocycles. The van der Waals surface area contributed by atoms with Crippen molar-refractivity contribution < 1.29 is 18.7 Å². The molecule has 0 unspecified atom stereocenters. The molecule has 0 fully saturated rings. The standard InChI is InChI=1S/C8H5BrF2O2/c9-4-1-6(10)5(3-8(12)13)7(11)2-4/h1-2H,3H2,(H,12,13)/p-1. The van der Waals surface area contributed by atoms with Gasteiger partial charge in [-0.1, -0.05) is 15.9 Å². The molecule has 0 saturated heterocycles. The molecule has 0 aliphatic rings. The van der Waals surface area contributed by atoms with Gasteiger partial charge in [0.15, 0.2) is 0 Å². The minimum Gasteiger partial charge on any atom is -0.550 e. The molecule has 1 aromatic carbocycles. The van der Waals surface area contributed by atoms with Crippen molar-refractivity contribution in [1.29, 1.82) is 0 Å². The molecule has 13 heavy (non-hydrogen) atoms. The van der Waals surface area contributed by atoms with Crippen molar-refractivity contribution in [2.24, 2.45) is 0 Å². The first-order valence-corrected chi connectivity index (χ1v) is 4.13. The summed E-state index contributed by atoms with van der Waals surface area (Å²) >= 11 is 2.87. The van der Waals surface area contributed by atoms with Gasteiger partial charge in [0.1, 0.15) is 11.6 Å². The van der Waals surface area contributed by atoms with Crippen LogP contribution >= 0.6 is 15.9 Å². The third kappa shape index (κ3) is 2.48. The predicted octanol–water partition coefficient (Wildman–Crippen LogP) is 1.02. The number of carbonyl (C=O) groups is 1. The smallest absolute Gasteiger partial charge is 0.130 e. The highest BCUT2D eigenvalue weighted by atomic mass is 79.9. The number of rotatable bonds is 2. The Hall–Kier alpha value is -0.970. The summed E-state index contributed by atoms with van der Waals surface area (Å²) in [6, 6.07) is 2.00. The topological polar surface area (TPSA) is 40.1 Å². The highest BCUT2D eigenvalue weighted by Crippen LogP contribution is 2.19. The SMILES string of the molecule is O=C([O-])Cc1c(F)cc(Br)cc1F. The van der Waals surface area contributed by atoms with Crippen LogP contribution < -0.4 is 5.11 Å². The summed E-state index contributed by atoms with van der Waals surface area (Å²) in [5, 5.41) is 10.1. The van der Waals surface area contributed by atoms with Gasteiger partial charge in [0.05, 0.1) is 0 Å². The molecule has 70 valence electrons. The molecule has 0 atom stereocenters. The molecular weight excluding hydrogens is 246 g/mol. The van der Waals surface area contributed by atoms with E-state index in [0.717, 1.165) is 12.1 Å². The van der Waals surface area contributed by atoms with Crippen LogP contribution in [0.1, 0.15) is 5.56 Å². The zero-order valence-electron chi connectivity index (χ0n) is 6.31. The number of halogens is 3. The first-order chi connectivity index (χ1) is 6.00. The fourth-order valence-corrected chi connectivity index (χ4v) is 1.29. The maximum atomic E-state index is 12.9. The summed E-state index contributed by atoms with van der Waals surface area (Å²) in [5.74, 6) is -3.30. The summed E-state index contributed by atoms with van der Waals surface area (Å²) < 4.78 is 26.0. The van der Waals surface area contributed by atoms with Crippen molar-refractivity contribution in [3.8, 4) is 0 Å². The second kappa shape index (κ2) is 3.83. The second-order valence-corrected chi connectivity index (χ2v) is 3.31. The summed E-state index contributed by atoms with van der Waals surface area (Å²) in [6.07, 6.45) is -0.759. The van der Waals surface area contributed by atoms with Gasteiger partial charge in [-0.3, -0.25) is 0 Å². The second-order valence-electron chi connectivity index (χ2n) is 2.40. The molecule has 0 aliphatic heterocycles. The van der Waals surface area contributed by atoms with Gasteiger partial charge in [0.2, 0.25) is 0 Å². The molecule has 0 amide bonds. The molecule has 0 bridgehead atoms. The van der Waals surface area contributed by atoms with Crippen LogP contribution in [0.5, 0.6) is 0 Å². The quantitative estimate of drug-likeness (QED) is 0.786. The Bertz CT molecular complexity index is 329. The van der Waals surface area contributed by atoms with Crippen LogP contribution in [0, 0.1) is 11.6 Å². The normalized spacial score (nSPS) is 10.1. The summed E-state index contributed by atoms with van der Waals surface area (Å²) in [7, 11) is 0. The van der Waals surface area contributed by atoms with Gasteiger partial charge in [-0.2, -0.15) is 0 Å². The first kappa shape index (κ1) is 10.1. The maximum absolute atomic E-state index is 12.9. The van der Waals surface area contributed by atoms with Crippen molar-refractivity contribution in [3.05, 3.63) is 33.8 Å². The minimum atomic E-state index is -1.51. The van der Waals surface area contributed by atoms with Crippen LogP contribution in [0.4, 0.5) is 8.78 Å². The Morgan fingerprint density at radius 2 is 1.85 bits per heavy atom. The molecule has 5 heteroatoms. The summed E-state index contributed by atoms with van der Waals surface area (Å²) in [6.45, 7) is 0. The molecule has 1 aromatic rings. The lowest BCUT2D eigenvalue weighted by atomic mass is 10.1. The Labute approximate surface area is 81.3 Å². The van der Waals surface area contributed by atoms with Crippen LogP contribution in [-0.4, -0.2) is 5.97 Å². The number of aliphatic carboxylic acids is 1. The van der Waals surface area contributed by atoms with E-state index in [9.17, 15) is 18.7 Å². The third-order valence-corrected chi connectivity index (χ3v) is 1.88. The zero-order chi connectivity index (χ0) is 10.0. The van der Waals surface area contributed by atoms with Crippen LogP contribution in [0.3, 0.4) is 0 Å². The molecule has 0 N–H and O–H groups in total. The van der Waals surface area contributed by atoms with E-state index < -0.39 is 29.6 Å². The average molecular weight is 250 g/mol. The van der Waals surface area contributed by atoms with Gasteiger partial charge < -0.3 is 9.90 Å². The molecule has 0 aromatic heterocycles. The number of hydrogen-bond donors (Lipinski definition) is 0. The Balaban J connectivity index is 3.13.